The van der Waals surface area contributed by atoms with Crippen molar-refractivity contribution in [2.45, 2.75) is 6.92 Å². The second kappa shape index (κ2) is 11.8. The van der Waals surface area contributed by atoms with Crippen molar-refractivity contribution in [3.63, 3.8) is 0 Å². The number of benzene rings is 3. The first kappa shape index (κ1) is 24.7. The van der Waals surface area contributed by atoms with Crippen molar-refractivity contribution < 1.29 is 19.1 Å². The molecule has 0 saturated heterocycles. The lowest BCUT2D eigenvalue weighted by Crippen LogP contribution is -2.20. The summed E-state index contributed by atoms with van der Waals surface area (Å²) < 4.78 is 6.57. The van der Waals surface area contributed by atoms with Crippen LogP contribution >= 0.6 is 22.6 Å². The summed E-state index contributed by atoms with van der Waals surface area (Å²) in [5, 5.41) is 14.8. The molecule has 0 spiro atoms. The molecule has 3 aromatic rings. The van der Waals surface area contributed by atoms with Gasteiger partial charge < -0.3 is 15.4 Å². The zero-order valence-electron chi connectivity index (χ0n) is 18.2. The van der Waals surface area contributed by atoms with Crippen molar-refractivity contribution in [2.24, 2.45) is 0 Å². The number of ketones is 1. The predicted molar refractivity (Wildman–Crippen MR) is 138 cm³/mol. The van der Waals surface area contributed by atoms with Crippen molar-refractivity contribution in [1.29, 1.82) is 5.26 Å². The van der Waals surface area contributed by atoms with Gasteiger partial charge in [0.25, 0.3) is 11.8 Å². The number of rotatable bonds is 8. The topological polar surface area (TPSA) is 108 Å². The second-order valence-corrected chi connectivity index (χ2v) is 8.38. The van der Waals surface area contributed by atoms with Crippen molar-refractivity contribution in [3.8, 4) is 11.8 Å². The average molecular weight is 565 g/mol. The fraction of sp³-hybridized carbons (Fsp3) is 0.0769. The Labute approximate surface area is 210 Å². The summed E-state index contributed by atoms with van der Waals surface area (Å²) in [6.07, 6.45) is 1.43. The van der Waals surface area contributed by atoms with Gasteiger partial charge in [-0.3, -0.25) is 14.4 Å². The summed E-state index contributed by atoms with van der Waals surface area (Å²) in [6, 6.07) is 22.5. The Bertz CT molecular complexity index is 1280. The number of nitrogens with zero attached hydrogens (tertiary/aromatic N) is 1. The normalized spacial score (nSPS) is 10.7. The van der Waals surface area contributed by atoms with E-state index in [9.17, 15) is 19.6 Å². The van der Waals surface area contributed by atoms with E-state index in [1.807, 2.05) is 30.3 Å². The fourth-order valence-corrected chi connectivity index (χ4v) is 3.30. The molecule has 34 heavy (non-hydrogen) atoms. The van der Waals surface area contributed by atoms with Crippen molar-refractivity contribution in [3.05, 3.63) is 93.1 Å². The molecule has 2 amide bonds. The molecule has 0 aliphatic rings. The van der Waals surface area contributed by atoms with Crippen LogP contribution in [0.2, 0.25) is 0 Å². The summed E-state index contributed by atoms with van der Waals surface area (Å²) in [5.74, 6) is -0.641. The highest BCUT2D eigenvalue weighted by Gasteiger charge is 2.13. The molecule has 0 unspecified atom stereocenters. The Morgan fingerprint density at radius 1 is 0.971 bits per heavy atom. The molecule has 3 aromatic carbocycles. The molecule has 0 aliphatic heterocycles. The van der Waals surface area contributed by atoms with E-state index in [0.29, 0.717) is 28.3 Å². The van der Waals surface area contributed by atoms with Gasteiger partial charge in [-0.05, 0) is 89.7 Å². The molecule has 0 bridgehead atoms. The molecule has 0 atom stereocenters. The standard InChI is InChI=1S/C26H20IN3O4/c1-17(31)23-4-2-3-5-24(23)30-26(33)19(15-28)14-18-6-12-22(13-7-18)34-16-25(32)29-21-10-8-20(27)9-11-21/h2-14H,16H2,1H3,(H,29,32)(H,30,33)/b19-14-. The maximum absolute atomic E-state index is 12.6. The molecule has 0 heterocycles. The summed E-state index contributed by atoms with van der Waals surface area (Å²) in [6.45, 7) is 1.24. The minimum atomic E-state index is -0.621. The molecular weight excluding hydrogens is 545 g/mol. The molecule has 2 N–H and O–H groups in total. The number of carbonyl (C=O) groups excluding carboxylic acids is 3. The van der Waals surface area contributed by atoms with Gasteiger partial charge in [0.05, 0.1) is 5.69 Å². The van der Waals surface area contributed by atoms with Crippen LogP contribution in [-0.4, -0.2) is 24.2 Å². The van der Waals surface area contributed by atoms with E-state index in [1.165, 1.54) is 13.0 Å². The minimum absolute atomic E-state index is 0.121. The third kappa shape index (κ3) is 7.02. The van der Waals surface area contributed by atoms with Crippen molar-refractivity contribution >= 4 is 57.6 Å². The Balaban J connectivity index is 1.60. The number of para-hydroxylation sites is 1. The Morgan fingerprint density at radius 3 is 2.29 bits per heavy atom. The van der Waals surface area contributed by atoms with E-state index in [0.717, 1.165) is 3.57 Å². The van der Waals surface area contributed by atoms with E-state index < -0.39 is 5.91 Å². The first-order valence-corrected chi connectivity index (χ1v) is 11.2. The SMILES string of the molecule is CC(=O)c1ccccc1NC(=O)/C(C#N)=C\c1ccc(OCC(=O)Nc2ccc(I)cc2)cc1. The van der Waals surface area contributed by atoms with Crippen LogP contribution in [0.25, 0.3) is 6.08 Å². The van der Waals surface area contributed by atoms with Crippen LogP contribution in [0.4, 0.5) is 11.4 Å². The van der Waals surface area contributed by atoms with Gasteiger partial charge in [-0.15, -0.1) is 0 Å². The molecule has 170 valence electrons. The predicted octanol–water partition coefficient (Wildman–Crippen LogP) is 5.06. The first-order valence-electron chi connectivity index (χ1n) is 10.2. The van der Waals surface area contributed by atoms with Gasteiger partial charge in [0.1, 0.15) is 17.4 Å². The van der Waals surface area contributed by atoms with Crippen molar-refractivity contribution in [1.82, 2.24) is 0 Å². The lowest BCUT2D eigenvalue weighted by atomic mass is 10.1. The van der Waals surface area contributed by atoms with Crippen molar-refractivity contribution in [2.75, 3.05) is 17.2 Å². The number of halogens is 1. The first-order chi connectivity index (χ1) is 16.4. The lowest BCUT2D eigenvalue weighted by Gasteiger charge is -2.09. The highest BCUT2D eigenvalue weighted by molar-refractivity contribution is 14.1. The van der Waals surface area contributed by atoms with Gasteiger partial charge in [-0.25, -0.2) is 0 Å². The average Bonchev–Trinajstić information content (AvgIpc) is 2.83. The molecular formula is C26H20IN3O4. The highest BCUT2D eigenvalue weighted by Crippen LogP contribution is 2.19. The number of nitrogens with one attached hydrogen (secondary N) is 2. The van der Waals surface area contributed by atoms with Gasteiger partial charge in [0, 0.05) is 14.8 Å². The number of nitriles is 1. The maximum atomic E-state index is 12.6. The van der Waals surface area contributed by atoms with E-state index in [4.69, 9.17) is 4.74 Å². The van der Waals surface area contributed by atoms with Gasteiger partial charge in [-0.2, -0.15) is 5.26 Å². The monoisotopic (exact) mass is 565 g/mol. The molecule has 8 heteroatoms. The summed E-state index contributed by atoms with van der Waals surface area (Å²) >= 11 is 2.18. The zero-order valence-corrected chi connectivity index (χ0v) is 20.3. The van der Waals surface area contributed by atoms with Gasteiger partial charge in [0.2, 0.25) is 0 Å². The molecule has 7 nitrogen and oxygen atoms in total. The van der Waals surface area contributed by atoms with Crippen LogP contribution in [0, 0.1) is 14.9 Å². The lowest BCUT2D eigenvalue weighted by molar-refractivity contribution is -0.118. The summed E-state index contributed by atoms with van der Waals surface area (Å²) in [4.78, 5) is 36.4. The highest BCUT2D eigenvalue weighted by atomic mass is 127. The van der Waals surface area contributed by atoms with E-state index in [-0.39, 0.29) is 23.9 Å². The molecule has 0 radical (unpaired) electrons. The molecule has 0 aliphatic carbocycles. The number of ether oxygens (including phenoxy) is 1. The van der Waals surface area contributed by atoms with Gasteiger partial charge in [0.15, 0.2) is 12.4 Å². The molecule has 3 rings (SSSR count). The molecule has 0 saturated carbocycles. The van der Waals surface area contributed by atoms with E-state index in [1.54, 1.807) is 48.5 Å². The zero-order chi connectivity index (χ0) is 24.5. The van der Waals surface area contributed by atoms with Gasteiger partial charge >= 0.3 is 0 Å². The van der Waals surface area contributed by atoms with Crippen LogP contribution in [0.5, 0.6) is 5.75 Å². The number of Topliss-reactive ketones (excluding diaryl/α,β-unsaturated/α-hetero) is 1. The molecule has 0 aromatic heterocycles. The largest absolute Gasteiger partial charge is 0.484 e. The van der Waals surface area contributed by atoms with Crippen LogP contribution in [0.1, 0.15) is 22.8 Å². The van der Waals surface area contributed by atoms with Crippen LogP contribution in [0.3, 0.4) is 0 Å². The maximum Gasteiger partial charge on any atom is 0.266 e. The van der Waals surface area contributed by atoms with Crippen LogP contribution in [-0.2, 0) is 9.59 Å². The smallest absolute Gasteiger partial charge is 0.266 e. The summed E-state index contributed by atoms with van der Waals surface area (Å²) in [5.41, 5.74) is 1.86. The van der Waals surface area contributed by atoms with Gasteiger partial charge in [-0.1, -0.05) is 24.3 Å². The minimum Gasteiger partial charge on any atom is -0.484 e. The quantitative estimate of drug-likeness (QED) is 0.172. The number of anilines is 2. The van der Waals surface area contributed by atoms with E-state index in [2.05, 4.69) is 33.2 Å². The van der Waals surface area contributed by atoms with Crippen LogP contribution in [0.15, 0.2) is 78.4 Å². The number of hydrogen-bond donors (Lipinski definition) is 2. The Kier molecular flexibility index (Phi) is 8.54. The number of hydrogen-bond acceptors (Lipinski definition) is 5. The molecule has 0 fully saturated rings. The fourth-order valence-electron chi connectivity index (χ4n) is 2.94. The van der Waals surface area contributed by atoms with E-state index >= 15 is 0 Å². The third-order valence-electron chi connectivity index (χ3n) is 4.61. The van der Waals surface area contributed by atoms with Crippen LogP contribution < -0.4 is 15.4 Å². The Hall–Kier alpha value is -3.97. The third-order valence-corrected chi connectivity index (χ3v) is 5.33. The Morgan fingerprint density at radius 2 is 1.65 bits per heavy atom. The summed E-state index contributed by atoms with van der Waals surface area (Å²) in [7, 11) is 0. The second-order valence-electron chi connectivity index (χ2n) is 7.14. The number of carbonyl (C=O) groups is 3. The number of amides is 2.